The molecule has 0 amide bonds. The van der Waals surface area contributed by atoms with Gasteiger partial charge in [-0.05, 0) is 33.6 Å². The maximum absolute atomic E-state index is 11.4. The van der Waals surface area contributed by atoms with E-state index in [1.165, 1.54) is 32.1 Å². The Labute approximate surface area is 117 Å². The zero-order chi connectivity index (χ0) is 13.9. The summed E-state index contributed by atoms with van der Waals surface area (Å²) in [5.74, 6) is 0.722. The lowest BCUT2D eigenvalue weighted by atomic mass is 10.1. The minimum atomic E-state index is -0.348. The molecule has 0 aromatic carbocycles. The van der Waals surface area contributed by atoms with Crippen molar-refractivity contribution in [1.82, 2.24) is 0 Å². The number of halogens is 1. The van der Waals surface area contributed by atoms with Gasteiger partial charge in [-0.25, -0.2) is 0 Å². The normalized spacial score (nSPS) is 11.6. The average Bonchev–Trinajstić information content (AvgIpc) is 2.24. The molecule has 0 N–H and O–H groups in total. The van der Waals surface area contributed by atoms with Crippen molar-refractivity contribution in [3.63, 3.8) is 0 Å². The number of carbonyl (C=O) groups excluding carboxylic acids is 1. The molecule has 0 spiro atoms. The number of alkyl halides is 1. The van der Waals surface area contributed by atoms with Gasteiger partial charge >= 0.3 is 5.97 Å². The zero-order valence-corrected chi connectivity index (χ0v) is 13.0. The van der Waals surface area contributed by atoms with Gasteiger partial charge in [-0.3, -0.25) is 4.79 Å². The predicted molar refractivity (Wildman–Crippen MR) is 78.1 cm³/mol. The Morgan fingerprint density at radius 1 is 0.889 bits per heavy atom. The number of hydrogen-bond acceptors (Lipinski definition) is 2. The van der Waals surface area contributed by atoms with Crippen molar-refractivity contribution >= 4 is 17.6 Å². The fraction of sp³-hybridized carbons (Fsp3) is 0.933. The molecule has 3 heteroatoms. The Hall–Kier alpha value is -0.240. The molecule has 108 valence electrons. The second-order valence-electron chi connectivity index (χ2n) is 5.85. The topological polar surface area (TPSA) is 26.3 Å². The van der Waals surface area contributed by atoms with Crippen LogP contribution in [0, 0.1) is 0 Å². The molecular formula is C15H29ClO2. The maximum Gasteiger partial charge on any atom is 0.306 e. The van der Waals surface area contributed by atoms with Crippen LogP contribution in [-0.2, 0) is 9.53 Å². The van der Waals surface area contributed by atoms with Gasteiger partial charge in [-0.2, -0.15) is 0 Å². The second-order valence-corrected chi connectivity index (χ2v) is 6.23. The van der Waals surface area contributed by atoms with E-state index < -0.39 is 0 Å². The van der Waals surface area contributed by atoms with Crippen molar-refractivity contribution in [3.05, 3.63) is 0 Å². The van der Waals surface area contributed by atoms with Gasteiger partial charge in [-0.1, -0.05) is 38.5 Å². The van der Waals surface area contributed by atoms with Crippen LogP contribution in [0.1, 0.15) is 78.6 Å². The van der Waals surface area contributed by atoms with E-state index >= 15 is 0 Å². The van der Waals surface area contributed by atoms with E-state index in [0.29, 0.717) is 6.42 Å². The second kappa shape index (κ2) is 10.7. The number of carbonyl (C=O) groups is 1. The van der Waals surface area contributed by atoms with E-state index in [0.717, 1.165) is 25.1 Å². The molecule has 0 heterocycles. The fourth-order valence-electron chi connectivity index (χ4n) is 1.82. The molecule has 0 radical (unpaired) electrons. The zero-order valence-electron chi connectivity index (χ0n) is 12.3. The third kappa shape index (κ3) is 13.8. The smallest absolute Gasteiger partial charge is 0.306 e. The summed E-state index contributed by atoms with van der Waals surface area (Å²) in [6, 6.07) is 0. The molecule has 0 saturated heterocycles. The fourth-order valence-corrected chi connectivity index (χ4v) is 2.01. The van der Waals surface area contributed by atoms with Gasteiger partial charge in [0.25, 0.3) is 0 Å². The van der Waals surface area contributed by atoms with Crippen molar-refractivity contribution in [3.8, 4) is 0 Å². The largest absolute Gasteiger partial charge is 0.460 e. The van der Waals surface area contributed by atoms with E-state index in [4.69, 9.17) is 16.3 Å². The van der Waals surface area contributed by atoms with E-state index in [2.05, 4.69) is 0 Å². The summed E-state index contributed by atoms with van der Waals surface area (Å²) in [7, 11) is 0. The van der Waals surface area contributed by atoms with Crippen LogP contribution in [0.15, 0.2) is 0 Å². The van der Waals surface area contributed by atoms with Crippen LogP contribution in [0.25, 0.3) is 0 Å². The van der Waals surface area contributed by atoms with Crippen molar-refractivity contribution in [2.75, 3.05) is 5.88 Å². The summed E-state index contributed by atoms with van der Waals surface area (Å²) >= 11 is 5.61. The molecule has 0 bridgehead atoms. The third-order valence-corrected chi connectivity index (χ3v) is 2.95. The number of unbranched alkanes of at least 4 members (excludes halogenated alkanes) is 7. The average molecular weight is 277 g/mol. The first kappa shape index (κ1) is 17.8. The number of rotatable bonds is 10. The van der Waals surface area contributed by atoms with Crippen LogP contribution in [-0.4, -0.2) is 17.5 Å². The van der Waals surface area contributed by atoms with Crippen LogP contribution in [0.5, 0.6) is 0 Å². The molecule has 2 nitrogen and oxygen atoms in total. The van der Waals surface area contributed by atoms with Crippen molar-refractivity contribution in [2.24, 2.45) is 0 Å². The SMILES string of the molecule is CC(C)(C)OC(=O)CCCCCCCCCCCl. The molecule has 0 aliphatic heterocycles. The lowest BCUT2D eigenvalue weighted by Gasteiger charge is -2.19. The van der Waals surface area contributed by atoms with E-state index in [1.54, 1.807) is 0 Å². The van der Waals surface area contributed by atoms with E-state index in [9.17, 15) is 4.79 Å². The Kier molecular flexibility index (Phi) is 10.5. The molecule has 0 saturated carbocycles. The summed E-state index contributed by atoms with van der Waals surface area (Å²) in [5.41, 5.74) is -0.348. The molecule has 0 atom stereocenters. The number of hydrogen-bond donors (Lipinski definition) is 0. The monoisotopic (exact) mass is 276 g/mol. The Balaban J connectivity index is 3.23. The molecule has 0 fully saturated rings. The number of ether oxygens (including phenoxy) is 1. The maximum atomic E-state index is 11.4. The summed E-state index contributed by atoms with van der Waals surface area (Å²) in [4.78, 5) is 11.4. The molecule has 0 aromatic rings. The van der Waals surface area contributed by atoms with Gasteiger partial charge in [0.1, 0.15) is 5.60 Å². The van der Waals surface area contributed by atoms with Gasteiger partial charge in [-0.15, -0.1) is 11.6 Å². The highest BCUT2D eigenvalue weighted by Gasteiger charge is 2.15. The van der Waals surface area contributed by atoms with Crippen LogP contribution < -0.4 is 0 Å². The minimum Gasteiger partial charge on any atom is -0.460 e. The number of esters is 1. The van der Waals surface area contributed by atoms with Gasteiger partial charge in [0.15, 0.2) is 0 Å². The first-order valence-corrected chi connectivity index (χ1v) is 7.77. The van der Waals surface area contributed by atoms with Gasteiger partial charge in [0.05, 0.1) is 0 Å². The van der Waals surface area contributed by atoms with Gasteiger partial charge < -0.3 is 4.74 Å². The lowest BCUT2D eigenvalue weighted by molar-refractivity contribution is -0.154. The summed E-state index contributed by atoms with van der Waals surface area (Å²) in [6.45, 7) is 5.73. The molecule has 0 aliphatic carbocycles. The summed E-state index contributed by atoms with van der Waals surface area (Å²) in [6.07, 6.45) is 10.1. The highest BCUT2D eigenvalue weighted by Crippen LogP contribution is 2.12. The Bertz CT molecular complexity index is 209. The van der Waals surface area contributed by atoms with Crippen LogP contribution in [0.2, 0.25) is 0 Å². The molecule has 0 rings (SSSR count). The third-order valence-electron chi connectivity index (χ3n) is 2.68. The quantitative estimate of drug-likeness (QED) is 0.316. The van der Waals surface area contributed by atoms with Crippen molar-refractivity contribution in [1.29, 1.82) is 0 Å². The molecule has 0 aromatic heterocycles. The van der Waals surface area contributed by atoms with Crippen LogP contribution in [0.4, 0.5) is 0 Å². The Morgan fingerprint density at radius 2 is 1.33 bits per heavy atom. The van der Waals surface area contributed by atoms with Crippen molar-refractivity contribution in [2.45, 2.75) is 84.2 Å². The van der Waals surface area contributed by atoms with E-state index in [-0.39, 0.29) is 11.6 Å². The predicted octanol–water partition coefficient (Wildman–Crippen LogP) is 5.08. The van der Waals surface area contributed by atoms with E-state index in [1.807, 2.05) is 20.8 Å². The first-order chi connectivity index (χ1) is 8.45. The minimum absolute atomic E-state index is 0.0652. The van der Waals surface area contributed by atoms with Gasteiger partial charge in [0, 0.05) is 12.3 Å². The lowest BCUT2D eigenvalue weighted by Crippen LogP contribution is -2.23. The highest BCUT2D eigenvalue weighted by molar-refractivity contribution is 6.17. The molecular weight excluding hydrogens is 248 g/mol. The molecule has 0 aliphatic rings. The Morgan fingerprint density at radius 3 is 1.78 bits per heavy atom. The standard InChI is InChI=1S/C15H29ClO2/c1-15(2,3)18-14(17)12-10-8-6-4-5-7-9-11-13-16/h4-13H2,1-3H3. The summed E-state index contributed by atoms with van der Waals surface area (Å²) in [5, 5.41) is 0. The molecule has 0 unspecified atom stereocenters. The molecule has 18 heavy (non-hydrogen) atoms. The van der Waals surface area contributed by atoms with Crippen LogP contribution in [0.3, 0.4) is 0 Å². The van der Waals surface area contributed by atoms with Crippen molar-refractivity contribution < 1.29 is 9.53 Å². The van der Waals surface area contributed by atoms with Crippen LogP contribution >= 0.6 is 11.6 Å². The highest BCUT2D eigenvalue weighted by atomic mass is 35.5. The van der Waals surface area contributed by atoms with Gasteiger partial charge in [0.2, 0.25) is 0 Å². The summed E-state index contributed by atoms with van der Waals surface area (Å²) < 4.78 is 5.26. The first-order valence-electron chi connectivity index (χ1n) is 7.23.